The minimum absolute atomic E-state index is 0.0374. The summed E-state index contributed by atoms with van der Waals surface area (Å²) in [6.45, 7) is 3.73. The molecule has 0 saturated carbocycles. The van der Waals surface area contributed by atoms with E-state index in [-0.39, 0.29) is 17.9 Å². The fourth-order valence-electron chi connectivity index (χ4n) is 3.97. The fraction of sp³-hybridized carbons (Fsp3) is 0.217. The Hall–Kier alpha value is -3.45. The van der Waals surface area contributed by atoms with Crippen molar-refractivity contribution in [3.05, 3.63) is 87.5 Å². The molecule has 0 radical (unpaired) electrons. The third-order valence-electron chi connectivity index (χ3n) is 5.55. The van der Waals surface area contributed by atoms with Crippen LogP contribution in [0.15, 0.2) is 54.4 Å². The van der Waals surface area contributed by atoms with E-state index in [1.165, 1.54) is 4.90 Å². The largest absolute Gasteiger partial charge is 0.507 e. The van der Waals surface area contributed by atoms with E-state index in [2.05, 4.69) is 10.1 Å². The van der Waals surface area contributed by atoms with Crippen LogP contribution >= 0.6 is 11.6 Å². The Labute approximate surface area is 184 Å². The van der Waals surface area contributed by atoms with Crippen molar-refractivity contribution in [2.45, 2.75) is 26.4 Å². The molecule has 1 aliphatic rings. The van der Waals surface area contributed by atoms with Crippen molar-refractivity contribution in [2.24, 2.45) is 7.05 Å². The minimum Gasteiger partial charge on any atom is -0.507 e. The zero-order valence-corrected chi connectivity index (χ0v) is 18.1. The lowest BCUT2D eigenvalue weighted by Gasteiger charge is -2.25. The van der Waals surface area contributed by atoms with Gasteiger partial charge in [0.2, 0.25) is 0 Å². The lowest BCUT2D eigenvalue weighted by molar-refractivity contribution is -0.140. The highest BCUT2D eigenvalue weighted by molar-refractivity contribution is 6.46. The number of pyridine rings is 1. The van der Waals surface area contributed by atoms with Gasteiger partial charge in [0, 0.05) is 36.7 Å². The Bertz CT molecular complexity index is 1200. The summed E-state index contributed by atoms with van der Waals surface area (Å²) >= 11 is 6.05. The van der Waals surface area contributed by atoms with Gasteiger partial charge < -0.3 is 10.0 Å². The summed E-state index contributed by atoms with van der Waals surface area (Å²) in [6.07, 6.45) is 3.29. The van der Waals surface area contributed by atoms with Gasteiger partial charge in [0.15, 0.2) is 0 Å². The number of hydrogen-bond donors (Lipinski definition) is 1. The second-order valence-electron chi connectivity index (χ2n) is 7.51. The average Bonchev–Trinajstić information content (AvgIpc) is 3.15. The molecule has 8 heteroatoms. The van der Waals surface area contributed by atoms with Gasteiger partial charge in [-0.2, -0.15) is 5.10 Å². The number of aryl methyl sites for hydroxylation is 2. The van der Waals surface area contributed by atoms with Gasteiger partial charge in [-0.3, -0.25) is 19.3 Å². The first kappa shape index (κ1) is 20.8. The highest BCUT2D eigenvalue weighted by Gasteiger charge is 2.46. The molecular formula is C23H21ClN4O3. The topological polar surface area (TPSA) is 88.3 Å². The summed E-state index contributed by atoms with van der Waals surface area (Å²) in [6, 6.07) is 9.74. The van der Waals surface area contributed by atoms with Crippen LogP contribution in [0.3, 0.4) is 0 Å². The molecule has 1 atom stereocenters. The van der Waals surface area contributed by atoms with Crippen LogP contribution in [0.2, 0.25) is 5.02 Å². The number of nitrogens with zero attached hydrogens (tertiary/aromatic N) is 4. The number of aliphatic hydroxyl groups is 1. The molecule has 1 N–H and O–H groups in total. The molecule has 3 heterocycles. The third-order valence-corrected chi connectivity index (χ3v) is 5.80. The van der Waals surface area contributed by atoms with E-state index in [4.69, 9.17) is 11.6 Å². The molecule has 0 unspecified atom stereocenters. The number of carbonyl (C=O) groups is 2. The van der Waals surface area contributed by atoms with E-state index < -0.39 is 17.7 Å². The maximum atomic E-state index is 13.1. The Morgan fingerprint density at radius 1 is 1.16 bits per heavy atom. The second kappa shape index (κ2) is 8.00. The third kappa shape index (κ3) is 3.61. The van der Waals surface area contributed by atoms with Crippen molar-refractivity contribution in [3.63, 3.8) is 0 Å². The van der Waals surface area contributed by atoms with E-state index in [1.807, 2.05) is 6.07 Å². The van der Waals surface area contributed by atoms with Gasteiger partial charge in [-0.15, -0.1) is 0 Å². The minimum atomic E-state index is -0.767. The molecular weight excluding hydrogens is 416 g/mol. The van der Waals surface area contributed by atoms with Crippen LogP contribution in [0.4, 0.5) is 0 Å². The summed E-state index contributed by atoms with van der Waals surface area (Å²) in [7, 11) is 1.76. The molecule has 158 valence electrons. The Morgan fingerprint density at radius 2 is 1.87 bits per heavy atom. The number of benzene rings is 1. The highest BCUT2D eigenvalue weighted by atomic mass is 35.5. The molecule has 7 nitrogen and oxygen atoms in total. The van der Waals surface area contributed by atoms with Gasteiger partial charge >= 0.3 is 0 Å². The number of aromatic nitrogens is 3. The van der Waals surface area contributed by atoms with E-state index in [1.54, 1.807) is 68.3 Å². The van der Waals surface area contributed by atoms with Gasteiger partial charge in [-0.1, -0.05) is 29.8 Å². The summed E-state index contributed by atoms with van der Waals surface area (Å²) in [4.78, 5) is 31.7. The van der Waals surface area contributed by atoms with E-state index >= 15 is 0 Å². The molecule has 2 aromatic heterocycles. The molecule has 4 rings (SSSR count). The number of Topliss-reactive ketones (excluding diaryl/α,β-unsaturated/α-hetero) is 1. The van der Waals surface area contributed by atoms with Crippen LogP contribution in [-0.2, 0) is 23.2 Å². The summed E-state index contributed by atoms with van der Waals surface area (Å²) in [5.74, 6) is -1.64. The van der Waals surface area contributed by atoms with Crippen LogP contribution in [-0.4, -0.2) is 36.5 Å². The van der Waals surface area contributed by atoms with Gasteiger partial charge in [-0.25, -0.2) is 0 Å². The van der Waals surface area contributed by atoms with Crippen molar-refractivity contribution in [2.75, 3.05) is 0 Å². The lowest BCUT2D eigenvalue weighted by Crippen LogP contribution is -2.29. The summed E-state index contributed by atoms with van der Waals surface area (Å²) < 4.78 is 1.63. The summed E-state index contributed by atoms with van der Waals surface area (Å²) in [5, 5.41) is 16.1. The Balaban J connectivity index is 1.91. The molecule has 0 spiro atoms. The maximum absolute atomic E-state index is 13.1. The smallest absolute Gasteiger partial charge is 0.295 e. The Morgan fingerprint density at radius 3 is 2.45 bits per heavy atom. The van der Waals surface area contributed by atoms with Crippen molar-refractivity contribution in [3.8, 4) is 0 Å². The first-order valence-corrected chi connectivity index (χ1v) is 10.1. The van der Waals surface area contributed by atoms with Crippen LogP contribution < -0.4 is 0 Å². The molecule has 31 heavy (non-hydrogen) atoms. The predicted molar refractivity (Wildman–Crippen MR) is 116 cm³/mol. The van der Waals surface area contributed by atoms with Crippen LogP contribution in [0.5, 0.6) is 0 Å². The van der Waals surface area contributed by atoms with Gasteiger partial charge in [0.1, 0.15) is 5.76 Å². The van der Waals surface area contributed by atoms with E-state index in [9.17, 15) is 14.7 Å². The van der Waals surface area contributed by atoms with E-state index in [0.717, 1.165) is 5.56 Å². The maximum Gasteiger partial charge on any atom is 0.295 e. The van der Waals surface area contributed by atoms with Crippen molar-refractivity contribution in [1.29, 1.82) is 0 Å². The molecule has 1 aromatic carbocycles. The summed E-state index contributed by atoms with van der Waals surface area (Å²) in [5.41, 5.74) is 3.22. The van der Waals surface area contributed by atoms with Crippen LogP contribution in [0.25, 0.3) is 5.76 Å². The predicted octanol–water partition coefficient (Wildman–Crippen LogP) is 3.71. The van der Waals surface area contributed by atoms with Crippen molar-refractivity contribution < 1.29 is 14.7 Å². The normalized spacial score (nSPS) is 18.1. The zero-order valence-electron chi connectivity index (χ0n) is 17.3. The fourth-order valence-corrected chi connectivity index (χ4v) is 4.10. The molecule has 0 aliphatic carbocycles. The molecule has 1 fully saturated rings. The molecule has 1 saturated heterocycles. The number of amides is 1. The molecule has 1 aliphatic heterocycles. The SMILES string of the molecule is Cc1nn(C)c(C)c1/C(O)=C1\C(=O)C(=O)N(Cc2cccnc2)[C@@H]1c1ccc(Cl)cc1. The Kier molecular flexibility index (Phi) is 5.37. The van der Waals surface area contributed by atoms with Crippen LogP contribution in [0.1, 0.15) is 34.1 Å². The molecule has 1 amide bonds. The van der Waals surface area contributed by atoms with E-state index in [0.29, 0.717) is 27.5 Å². The van der Waals surface area contributed by atoms with Crippen LogP contribution in [0, 0.1) is 13.8 Å². The number of aliphatic hydroxyl groups excluding tert-OH is 1. The van der Waals surface area contributed by atoms with Crippen molar-refractivity contribution >= 4 is 29.1 Å². The average molecular weight is 437 g/mol. The van der Waals surface area contributed by atoms with Gasteiger partial charge in [-0.05, 0) is 43.2 Å². The number of likely N-dealkylation sites (tertiary alicyclic amines) is 1. The van der Waals surface area contributed by atoms with Crippen molar-refractivity contribution in [1.82, 2.24) is 19.7 Å². The number of carbonyl (C=O) groups excluding carboxylic acids is 2. The first-order chi connectivity index (χ1) is 14.8. The first-order valence-electron chi connectivity index (χ1n) is 9.73. The quantitative estimate of drug-likeness (QED) is 0.382. The molecule has 3 aromatic rings. The number of hydrogen-bond acceptors (Lipinski definition) is 5. The zero-order chi connectivity index (χ0) is 22.3. The highest BCUT2D eigenvalue weighted by Crippen LogP contribution is 2.41. The van der Waals surface area contributed by atoms with Gasteiger partial charge in [0.25, 0.3) is 11.7 Å². The number of rotatable bonds is 4. The standard InChI is InChI=1S/C23H21ClN4O3/c1-13-18(14(2)27(3)26-13)21(29)19-20(16-6-8-17(24)9-7-16)28(23(31)22(19)30)12-15-5-4-10-25-11-15/h4-11,20,29H,12H2,1-3H3/b21-19+/t20-/m1/s1. The van der Waals surface area contributed by atoms with Gasteiger partial charge in [0.05, 0.1) is 22.9 Å². The lowest BCUT2D eigenvalue weighted by atomic mass is 9.94. The second-order valence-corrected chi connectivity index (χ2v) is 7.95. The monoisotopic (exact) mass is 436 g/mol. The number of halogens is 1. The molecule has 0 bridgehead atoms. The number of ketones is 1.